The van der Waals surface area contributed by atoms with E-state index in [0.717, 1.165) is 11.4 Å². The SMILES string of the molecule is CCC(C)Sc1nc(Cl)c(Cl)cc1Cl. The summed E-state index contributed by atoms with van der Waals surface area (Å²) in [5, 5.41) is 2.48. The fraction of sp³-hybridized carbons (Fsp3) is 0.444. The first-order chi connectivity index (χ1) is 6.54. The second-order valence-electron chi connectivity index (χ2n) is 2.88. The molecule has 14 heavy (non-hydrogen) atoms. The summed E-state index contributed by atoms with van der Waals surface area (Å²) in [6.45, 7) is 4.23. The van der Waals surface area contributed by atoms with E-state index >= 15 is 0 Å². The van der Waals surface area contributed by atoms with Gasteiger partial charge in [0.2, 0.25) is 0 Å². The Kier molecular flexibility index (Phi) is 4.84. The van der Waals surface area contributed by atoms with Gasteiger partial charge < -0.3 is 0 Å². The van der Waals surface area contributed by atoms with Crippen LogP contribution >= 0.6 is 46.6 Å². The van der Waals surface area contributed by atoms with E-state index in [1.807, 2.05) is 0 Å². The first-order valence-electron chi connectivity index (χ1n) is 4.22. The maximum Gasteiger partial charge on any atom is 0.149 e. The van der Waals surface area contributed by atoms with E-state index in [1.54, 1.807) is 17.8 Å². The number of halogens is 3. The summed E-state index contributed by atoms with van der Waals surface area (Å²) in [6, 6.07) is 1.63. The first kappa shape index (κ1) is 12.4. The molecule has 1 aromatic heterocycles. The van der Waals surface area contributed by atoms with Crippen molar-refractivity contribution in [3.63, 3.8) is 0 Å². The van der Waals surface area contributed by atoms with Crippen molar-refractivity contribution in [3.8, 4) is 0 Å². The molecule has 1 heterocycles. The Morgan fingerprint density at radius 3 is 2.57 bits per heavy atom. The van der Waals surface area contributed by atoms with Crippen molar-refractivity contribution in [2.75, 3.05) is 0 Å². The van der Waals surface area contributed by atoms with Crippen molar-refractivity contribution in [2.24, 2.45) is 0 Å². The molecule has 0 fully saturated rings. The smallest absolute Gasteiger partial charge is 0.149 e. The predicted molar refractivity (Wildman–Crippen MR) is 64.9 cm³/mol. The lowest BCUT2D eigenvalue weighted by atomic mass is 10.4. The van der Waals surface area contributed by atoms with Crippen molar-refractivity contribution >= 4 is 46.6 Å². The fourth-order valence-corrected chi connectivity index (χ4v) is 2.33. The van der Waals surface area contributed by atoms with Gasteiger partial charge in [-0.25, -0.2) is 4.98 Å². The summed E-state index contributed by atoms with van der Waals surface area (Å²) >= 11 is 19.1. The summed E-state index contributed by atoms with van der Waals surface area (Å²) in [4.78, 5) is 4.12. The lowest BCUT2D eigenvalue weighted by Gasteiger charge is -2.09. The molecule has 1 unspecified atom stereocenters. The standard InChI is InChI=1S/C9H10Cl3NS/c1-3-5(2)14-9-7(11)4-6(10)8(12)13-9/h4-5H,3H2,1-2H3. The van der Waals surface area contributed by atoms with Gasteiger partial charge >= 0.3 is 0 Å². The molecule has 0 radical (unpaired) electrons. The van der Waals surface area contributed by atoms with Crippen molar-refractivity contribution in [2.45, 2.75) is 30.5 Å². The van der Waals surface area contributed by atoms with E-state index in [2.05, 4.69) is 18.8 Å². The molecule has 78 valence electrons. The molecule has 0 saturated heterocycles. The van der Waals surface area contributed by atoms with Crippen LogP contribution in [0.2, 0.25) is 15.2 Å². The molecule has 1 atom stereocenters. The zero-order valence-corrected chi connectivity index (χ0v) is 10.9. The van der Waals surface area contributed by atoms with E-state index < -0.39 is 0 Å². The van der Waals surface area contributed by atoms with Crippen LogP contribution in [-0.2, 0) is 0 Å². The van der Waals surface area contributed by atoms with Gasteiger partial charge in [-0.15, -0.1) is 11.8 Å². The van der Waals surface area contributed by atoms with E-state index in [1.165, 1.54) is 0 Å². The van der Waals surface area contributed by atoms with Crippen LogP contribution in [0, 0.1) is 0 Å². The fourth-order valence-electron chi connectivity index (χ4n) is 0.785. The molecule has 0 saturated carbocycles. The van der Waals surface area contributed by atoms with Crippen LogP contribution in [0.5, 0.6) is 0 Å². The topological polar surface area (TPSA) is 12.9 Å². The third-order valence-corrected chi connectivity index (χ3v) is 4.09. The van der Waals surface area contributed by atoms with Gasteiger partial charge in [0.05, 0.1) is 10.0 Å². The summed E-state index contributed by atoms with van der Waals surface area (Å²) in [7, 11) is 0. The molecular formula is C9H10Cl3NS. The van der Waals surface area contributed by atoms with Crippen LogP contribution in [0.15, 0.2) is 11.1 Å². The number of rotatable bonds is 3. The van der Waals surface area contributed by atoms with E-state index in [-0.39, 0.29) is 0 Å². The van der Waals surface area contributed by atoms with Gasteiger partial charge in [-0.05, 0) is 12.5 Å². The summed E-state index contributed by atoms with van der Waals surface area (Å²) in [5.41, 5.74) is 0. The predicted octanol–water partition coefficient (Wildman–Crippen LogP) is 4.93. The summed E-state index contributed by atoms with van der Waals surface area (Å²) < 4.78 is 0. The zero-order chi connectivity index (χ0) is 10.7. The second-order valence-corrected chi connectivity index (χ2v) is 5.48. The Bertz CT molecular complexity index is 330. The van der Waals surface area contributed by atoms with Crippen molar-refractivity contribution in [1.29, 1.82) is 0 Å². The normalized spacial score (nSPS) is 12.9. The number of hydrogen-bond donors (Lipinski definition) is 0. The molecule has 0 bridgehead atoms. The highest BCUT2D eigenvalue weighted by Crippen LogP contribution is 2.34. The van der Waals surface area contributed by atoms with Gasteiger partial charge in [-0.3, -0.25) is 0 Å². The van der Waals surface area contributed by atoms with Crippen LogP contribution in [0.4, 0.5) is 0 Å². The minimum Gasteiger partial charge on any atom is -0.227 e. The Morgan fingerprint density at radius 2 is 2.00 bits per heavy atom. The maximum atomic E-state index is 5.98. The number of thioether (sulfide) groups is 1. The Morgan fingerprint density at radius 1 is 1.36 bits per heavy atom. The van der Waals surface area contributed by atoms with Gasteiger partial charge in [0.15, 0.2) is 0 Å². The quantitative estimate of drug-likeness (QED) is 0.570. The molecule has 0 aromatic carbocycles. The van der Waals surface area contributed by atoms with Crippen molar-refractivity contribution < 1.29 is 0 Å². The largest absolute Gasteiger partial charge is 0.227 e. The third kappa shape index (κ3) is 3.20. The number of pyridine rings is 1. The molecule has 1 rings (SSSR count). The Labute approximate surface area is 103 Å². The van der Waals surface area contributed by atoms with Crippen molar-refractivity contribution in [1.82, 2.24) is 4.98 Å². The average Bonchev–Trinajstić information content (AvgIpc) is 2.14. The Hall–Kier alpha value is 0.370. The van der Waals surface area contributed by atoms with E-state index in [4.69, 9.17) is 34.8 Å². The number of hydrogen-bond acceptors (Lipinski definition) is 2. The van der Waals surface area contributed by atoms with Gasteiger partial charge in [0.1, 0.15) is 10.2 Å². The average molecular weight is 271 g/mol. The molecule has 0 amide bonds. The van der Waals surface area contributed by atoms with Crippen LogP contribution in [0.1, 0.15) is 20.3 Å². The third-order valence-electron chi connectivity index (χ3n) is 1.74. The van der Waals surface area contributed by atoms with Gasteiger partial charge in [0, 0.05) is 5.25 Å². The summed E-state index contributed by atoms with van der Waals surface area (Å²) in [5.74, 6) is 0. The van der Waals surface area contributed by atoms with Crippen molar-refractivity contribution in [3.05, 3.63) is 21.3 Å². The van der Waals surface area contributed by atoms with Crippen LogP contribution in [-0.4, -0.2) is 10.2 Å². The molecule has 0 aliphatic rings. The molecule has 0 aliphatic carbocycles. The number of nitrogens with zero attached hydrogens (tertiary/aromatic N) is 1. The highest BCUT2D eigenvalue weighted by atomic mass is 35.5. The second kappa shape index (κ2) is 5.45. The van der Waals surface area contributed by atoms with Crippen LogP contribution in [0.25, 0.3) is 0 Å². The van der Waals surface area contributed by atoms with E-state index in [0.29, 0.717) is 20.4 Å². The monoisotopic (exact) mass is 269 g/mol. The molecule has 1 nitrogen and oxygen atoms in total. The lowest BCUT2D eigenvalue weighted by Crippen LogP contribution is -1.94. The van der Waals surface area contributed by atoms with Gasteiger partial charge in [-0.2, -0.15) is 0 Å². The highest BCUT2D eigenvalue weighted by Gasteiger charge is 2.10. The molecule has 1 aromatic rings. The lowest BCUT2D eigenvalue weighted by molar-refractivity contribution is 0.901. The molecular weight excluding hydrogens is 261 g/mol. The Balaban J connectivity index is 2.92. The maximum absolute atomic E-state index is 5.98. The van der Waals surface area contributed by atoms with Gasteiger partial charge in [-0.1, -0.05) is 48.7 Å². The highest BCUT2D eigenvalue weighted by molar-refractivity contribution is 7.99. The molecule has 0 spiro atoms. The number of aromatic nitrogens is 1. The van der Waals surface area contributed by atoms with E-state index in [9.17, 15) is 0 Å². The van der Waals surface area contributed by atoms with Gasteiger partial charge in [0.25, 0.3) is 0 Å². The van der Waals surface area contributed by atoms with Crippen LogP contribution in [0.3, 0.4) is 0 Å². The minimum atomic E-state index is 0.307. The molecule has 0 aliphatic heterocycles. The molecule has 5 heteroatoms. The molecule has 0 N–H and O–H groups in total. The minimum absolute atomic E-state index is 0.307. The summed E-state index contributed by atoms with van der Waals surface area (Å²) in [6.07, 6.45) is 1.06. The van der Waals surface area contributed by atoms with Crippen LogP contribution < -0.4 is 0 Å². The first-order valence-corrected chi connectivity index (χ1v) is 6.24. The zero-order valence-electron chi connectivity index (χ0n) is 7.85.